The molecule has 2 amide bonds. The van der Waals surface area contributed by atoms with Crippen LogP contribution in [0.5, 0.6) is 11.5 Å². The third-order valence-electron chi connectivity index (χ3n) is 6.26. The lowest BCUT2D eigenvalue weighted by Crippen LogP contribution is -2.51. The van der Waals surface area contributed by atoms with Crippen molar-refractivity contribution in [3.63, 3.8) is 0 Å². The van der Waals surface area contributed by atoms with E-state index in [1.165, 1.54) is 24.1 Å². The molecule has 1 atom stereocenters. The number of anilines is 1. The van der Waals surface area contributed by atoms with Crippen LogP contribution in [0.3, 0.4) is 0 Å². The van der Waals surface area contributed by atoms with Gasteiger partial charge in [0.15, 0.2) is 0 Å². The molecule has 0 fully saturated rings. The van der Waals surface area contributed by atoms with Crippen molar-refractivity contribution in [3.05, 3.63) is 84.2 Å². The van der Waals surface area contributed by atoms with Crippen molar-refractivity contribution in [2.24, 2.45) is 0 Å². The Morgan fingerprint density at radius 2 is 1.52 bits per heavy atom. The van der Waals surface area contributed by atoms with Gasteiger partial charge in [0, 0.05) is 13.6 Å². The van der Waals surface area contributed by atoms with Gasteiger partial charge in [-0.3, -0.25) is 13.9 Å². The number of sulfonamides is 1. The van der Waals surface area contributed by atoms with Crippen molar-refractivity contribution in [3.8, 4) is 11.5 Å². The molecule has 3 aromatic rings. The summed E-state index contributed by atoms with van der Waals surface area (Å²) in [4.78, 5) is 27.9. The van der Waals surface area contributed by atoms with Gasteiger partial charge in [-0.15, -0.1) is 0 Å². The summed E-state index contributed by atoms with van der Waals surface area (Å²) >= 11 is 0. The summed E-state index contributed by atoms with van der Waals surface area (Å²) in [7, 11) is -1.28. The second kappa shape index (κ2) is 13.8. The highest BCUT2D eigenvalue weighted by atomic mass is 32.2. The number of rotatable bonds is 13. The van der Waals surface area contributed by atoms with Crippen molar-refractivity contribution in [2.75, 3.05) is 31.6 Å². The molecular formula is C29H34FN3O6S. The number of halogens is 1. The first-order valence-electron chi connectivity index (χ1n) is 12.8. The second-order valence-corrected chi connectivity index (χ2v) is 10.7. The van der Waals surface area contributed by atoms with Crippen molar-refractivity contribution < 1.29 is 31.9 Å². The fourth-order valence-corrected chi connectivity index (χ4v) is 5.57. The predicted octanol–water partition coefficient (Wildman–Crippen LogP) is 3.98. The minimum atomic E-state index is -4.30. The zero-order valence-electron chi connectivity index (χ0n) is 23.0. The van der Waals surface area contributed by atoms with E-state index in [-0.39, 0.29) is 23.0 Å². The van der Waals surface area contributed by atoms with Crippen molar-refractivity contribution in [1.82, 2.24) is 10.2 Å². The van der Waals surface area contributed by atoms with E-state index in [9.17, 15) is 22.4 Å². The maximum atomic E-state index is 13.9. The number of nitrogens with zero attached hydrogens (tertiary/aromatic N) is 2. The highest BCUT2D eigenvalue weighted by molar-refractivity contribution is 7.92. The van der Waals surface area contributed by atoms with Crippen molar-refractivity contribution in [2.45, 2.75) is 37.8 Å². The molecule has 3 rings (SSSR count). The number of methoxy groups -OCH3 is 1. The number of amides is 2. The van der Waals surface area contributed by atoms with Crippen LogP contribution in [0.25, 0.3) is 0 Å². The molecule has 0 bridgehead atoms. The average molecular weight is 572 g/mol. The quantitative estimate of drug-likeness (QED) is 0.333. The standard InChI is InChI=1S/C29H34FN3O6S/c1-5-27(29(35)31-3)32(19-21-7-13-24(38-4)14-8-21)28(34)20-33(23-11-15-25(16-12-23)39-6-2)40(36,37)26-17-9-22(30)10-18-26/h7-18,27H,5-6,19-20H2,1-4H3,(H,31,35). The van der Waals surface area contributed by atoms with Crippen LogP contribution >= 0.6 is 0 Å². The Hall–Kier alpha value is -4.12. The number of likely N-dealkylation sites (N-methyl/N-ethyl adjacent to an activating group) is 1. The van der Waals surface area contributed by atoms with Gasteiger partial charge in [-0.05, 0) is 79.6 Å². The molecule has 1 N–H and O–H groups in total. The maximum absolute atomic E-state index is 13.9. The van der Waals surface area contributed by atoms with Gasteiger partial charge in [0.2, 0.25) is 11.8 Å². The van der Waals surface area contributed by atoms with Gasteiger partial charge >= 0.3 is 0 Å². The van der Waals surface area contributed by atoms with Gasteiger partial charge in [-0.2, -0.15) is 0 Å². The lowest BCUT2D eigenvalue weighted by molar-refractivity contribution is -0.140. The largest absolute Gasteiger partial charge is 0.497 e. The molecule has 0 saturated carbocycles. The summed E-state index contributed by atoms with van der Waals surface area (Å²) < 4.78 is 52.8. The van der Waals surface area contributed by atoms with E-state index in [0.29, 0.717) is 24.5 Å². The molecule has 0 aliphatic carbocycles. The number of hydrogen-bond acceptors (Lipinski definition) is 6. The molecule has 0 aliphatic rings. The fourth-order valence-electron chi connectivity index (χ4n) is 4.15. The molecule has 3 aromatic carbocycles. The Morgan fingerprint density at radius 3 is 2.05 bits per heavy atom. The molecule has 0 spiro atoms. The summed E-state index contributed by atoms with van der Waals surface area (Å²) in [6.45, 7) is 3.48. The van der Waals surface area contributed by atoms with E-state index in [1.54, 1.807) is 50.4 Å². The summed E-state index contributed by atoms with van der Waals surface area (Å²) in [6.07, 6.45) is 0.301. The Balaban J connectivity index is 2.04. The number of hydrogen-bond donors (Lipinski definition) is 1. The third-order valence-corrected chi connectivity index (χ3v) is 8.05. The van der Waals surface area contributed by atoms with Gasteiger partial charge < -0.3 is 19.7 Å². The molecule has 1 unspecified atom stereocenters. The molecule has 0 saturated heterocycles. The first kappa shape index (κ1) is 30.4. The Bertz CT molecular complexity index is 1380. The van der Waals surface area contributed by atoms with Crippen LogP contribution in [0, 0.1) is 5.82 Å². The Labute approximate surface area is 234 Å². The van der Waals surface area contributed by atoms with Gasteiger partial charge in [-0.1, -0.05) is 19.1 Å². The van der Waals surface area contributed by atoms with Gasteiger partial charge in [0.05, 0.1) is 24.3 Å². The van der Waals surface area contributed by atoms with Crippen LogP contribution < -0.4 is 19.1 Å². The highest BCUT2D eigenvalue weighted by Gasteiger charge is 2.33. The highest BCUT2D eigenvalue weighted by Crippen LogP contribution is 2.27. The van der Waals surface area contributed by atoms with Gasteiger partial charge in [0.25, 0.3) is 10.0 Å². The molecule has 9 nitrogen and oxygen atoms in total. The fraction of sp³-hybridized carbons (Fsp3) is 0.310. The van der Waals surface area contributed by atoms with Crippen LogP contribution in [-0.2, 0) is 26.2 Å². The van der Waals surface area contributed by atoms with Gasteiger partial charge in [0.1, 0.15) is 29.9 Å². The number of carbonyl (C=O) groups excluding carboxylic acids is 2. The van der Waals surface area contributed by atoms with Crippen molar-refractivity contribution >= 4 is 27.5 Å². The first-order chi connectivity index (χ1) is 19.1. The summed E-state index contributed by atoms with van der Waals surface area (Å²) in [5, 5.41) is 2.59. The number of nitrogens with one attached hydrogen (secondary N) is 1. The topological polar surface area (TPSA) is 105 Å². The molecule has 214 valence electrons. The monoisotopic (exact) mass is 571 g/mol. The van der Waals surface area contributed by atoms with Gasteiger partial charge in [-0.25, -0.2) is 12.8 Å². The molecular weight excluding hydrogens is 537 g/mol. The average Bonchev–Trinajstić information content (AvgIpc) is 2.96. The predicted molar refractivity (Wildman–Crippen MR) is 150 cm³/mol. The van der Waals surface area contributed by atoms with Crippen LogP contribution in [0.4, 0.5) is 10.1 Å². The van der Waals surface area contributed by atoms with Crippen LogP contribution in [0.15, 0.2) is 77.7 Å². The van der Waals surface area contributed by atoms with Crippen molar-refractivity contribution in [1.29, 1.82) is 0 Å². The smallest absolute Gasteiger partial charge is 0.264 e. The number of ether oxygens (including phenoxy) is 2. The van der Waals surface area contributed by atoms with Crippen LogP contribution in [0.1, 0.15) is 25.8 Å². The second-order valence-electron chi connectivity index (χ2n) is 8.80. The van der Waals surface area contributed by atoms with Crippen LogP contribution in [0.2, 0.25) is 0 Å². The zero-order chi connectivity index (χ0) is 29.3. The van der Waals surface area contributed by atoms with E-state index in [0.717, 1.165) is 34.1 Å². The number of carbonyl (C=O) groups is 2. The summed E-state index contributed by atoms with van der Waals surface area (Å²) in [6, 6.07) is 16.8. The van der Waals surface area contributed by atoms with E-state index in [2.05, 4.69) is 5.32 Å². The molecule has 0 aliphatic heterocycles. The molecule has 0 heterocycles. The van der Waals surface area contributed by atoms with Crippen LogP contribution in [-0.4, -0.2) is 58.5 Å². The molecule has 0 aromatic heterocycles. The zero-order valence-corrected chi connectivity index (χ0v) is 23.8. The Kier molecular flexibility index (Phi) is 10.5. The third kappa shape index (κ3) is 7.29. The van der Waals surface area contributed by atoms with E-state index >= 15 is 0 Å². The van der Waals surface area contributed by atoms with E-state index < -0.39 is 34.3 Å². The SMILES string of the molecule is CCOc1ccc(N(CC(=O)N(Cc2ccc(OC)cc2)C(CC)C(=O)NC)S(=O)(=O)c2ccc(F)cc2)cc1. The Morgan fingerprint density at radius 1 is 0.925 bits per heavy atom. The summed E-state index contributed by atoms with van der Waals surface area (Å²) in [5.74, 6) is -0.399. The lowest BCUT2D eigenvalue weighted by Gasteiger charge is -2.33. The molecule has 0 radical (unpaired) electrons. The van der Waals surface area contributed by atoms with E-state index in [1.807, 2.05) is 6.92 Å². The molecule has 40 heavy (non-hydrogen) atoms. The summed E-state index contributed by atoms with van der Waals surface area (Å²) in [5.41, 5.74) is 0.934. The lowest BCUT2D eigenvalue weighted by atomic mass is 10.1. The normalized spacial score (nSPS) is 11.8. The minimum absolute atomic E-state index is 0.0580. The number of benzene rings is 3. The van der Waals surface area contributed by atoms with E-state index in [4.69, 9.17) is 9.47 Å². The first-order valence-corrected chi connectivity index (χ1v) is 14.2. The minimum Gasteiger partial charge on any atom is -0.497 e. The maximum Gasteiger partial charge on any atom is 0.264 e. The molecule has 11 heteroatoms.